The van der Waals surface area contributed by atoms with Crippen LogP contribution in [0.2, 0.25) is 0 Å². The van der Waals surface area contributed by atoms with E-state index in [1.54, 1.807) is 0 Å². The molecule has 1 saturated carbocycles. The van der Waals surface area contributed by atoms with Crippen molar-refractivity contribution in [2.24, 2.45) is 5.92 Å². The van der Waals surface area contributed by atoms with Crippen LogP contribution < -0.4 is 11.1 Å². The van der Waals surface area contributed by atoms with Crippen LogP contribution in [0, 0.1) is 12.8 Å². The van der Waals surface area contributed by atoms with Gasteiger partial charge in [-0.3, -0.25) is 0 Å². The second-order valence-electron chi connectivity index (χ2n) is 5.15. The van der Waals surface area contributed by atoms with Crippen molar-refractivity contribution >= 4 is 11.5 Å². The summed E-state index contributed by atoms with van der Waals surface area (Å²) in [7, 11) is 0. The summed E-state index contributed by atoms with van der Waals surface area (Å²) >= 11 is 0. The van der Waals surface area contributed by atoms with Gasteiger partial charge in [0.25, 0.3) is 0 Å². The first-order chi connectivity index (χ1) is 8.25. The van der Waals surface area contributed by atoms with E-state index in [1.165, 1.54) is 38.5 Å². The average molecular weight is 233 g/mol. The third-order valence-electron chi connectivity index (χ3n) is 3.73. The number of nitrogens with zero attached hydrogens (tertiary/aromatic N) is 1. The first kappa shape index (κ1) is 12.2. The number of aryl methyl sites for hydroxylation is 1. The molecule has 0 atom stereocenters. The molecule has 3 N–H and O–H groups in total. The molecule has 0 spiro atoms. The molecule has 1 aromatic heterocycles. The van der Waals surface area contributed by atoms with Gasteiger partial charge in [0.15, 0.2) is 0 Å². The standard InChI is InChI=1S/C14H23N3/c1-11-10-17-14(9-13(11)15)16-8-7-12-5-3-2-4-6-12/h9-10,12H,2-8H2,1H3,(H3,15,16,17). The number of pyridine rings is 1. The third-order valence-corrected chi connectivity index (χ3v) is 3.73. The summed E-state index contributed by atoms with van der Waals surface area (Å²) in [5, 5.41) is 3.37. The molecule has 2 rings (SSSR count). The third kappa shape index (κ3) is 3.62. The predicted octanol–water partition coefficient (Wildman–Crippen LogP) is 3.35. The smallest absolute Gasteiger partial charge is 0.127 e. The maximum absolute atomic E-state index is 5.86. The van der Waals surface area contributed by atoms with Crippen molar-refractivity contribution in [2.75, 3.05) is 17.6 Å². The van der Waals surface area contributed by atoms with E-state index in [2.05, 4.69) is 10.3 Å². The molecule has 1 aliphatic rings. The molecule has 1 aliphatic carbocycles. The molecule has 0 aliphatic heterocycles. The minimum atomic E-state index is 0.820. The first-order valence-corrected chi connectivity index (χ1v) is 6.71. The quantitative estimate of drug-likeness (QED) is 0.838. The summed E-state index contributed by atoms with van der Waals surface area (Å²) in [6, 6.07) is 1.93. The summed E-state index contributed by atoms with van der Waals surface area (Å²) in [6.45, 7) is 2.99. The molecule has 0 radical (unpaired) electrons. The minimum Gasteiger partial charge on any atom is -0.398 e. The van der Waals surface area contributed by atoms with Gasteiger partial charge < -0.3 is 11.1 Å². The van der Waals surface area contributed by atoms with Gasteiger partial charge in [-0.25, -0.2) is 4.98 Å². The molecule has 0 unspecified atom stereocenters. The lowest BCUT2D eigenvalue weighted by Gasteiger charge is -2.21. The van der Waals surface area contributed by atoms with E-state index in [4.69, 9.17) is 5.73 Å². The molecular formula is C14H23N3. The molecule has 1 aromatic rings. The van der Waals surface area contributed by atoms with Crippen LogP contribution >= 0.6 is 0 Å². The number of anilines is 2. The van der Waals surface area contributed by atoms with Gasteiger partial charge in [0.05, 0.1) is 0 Å². The van der Waals surface area contributed by atoms with E-state index in [9.17, 15) is 0 Å². The zero-order valence-corrected chi connectivity index (χ0v) is 10.7. The highest BCUT2D eigenvalue weighted by Gasteiger charge is 2.12. The summed E-state index contributed by atoms with van der Waals surface area (Å²) in [4.78, 5) is 4.33. The molecule has 3 nitrogen and oxygen atoms in total. The minimum absolute atomic E-state index is 0.820. The number of rotatable bonds is 4. The van der Waals surface area contributed by atoms with Crippen molar-refractivity contribution in [2.45, 2.75) is 45.4 Å². The van der Waals surface area contributed by atoms with Gasteiger partial charge in [-0.05, 0) is 24.8 Å². The fourth-order valence-corrected chi connectivity index (χ4v) is 2.52. The Balaban J connectivity index is 1.75. The van der Waals surface area contributed by atoms with Gasteiger partial charge in [0.2, 0.25) is 0 Å². The van der Waals surface area contributed by atoms with Gasteiger partial charge >= 0.3 is 0 Å². The fourth-order valence-electron chi connectivity index (χ4n) is 2.52. The first-order valence-electron chi connectivity index (χ1n) is 6.71. The molecular weight excluding hydrogens is 210 g/mol. The van der Waals surface area contributed by atoms with E-state index in [0.717, 1.165) is 29.5 Å². The van der Waals surface area contributed by atoms with E-state index < -0.39 is 0 Å². The molecule has 1 heterocycles. The van der Waals surface area contributed by atoms with Gasteiger partial charge in [0, 0.05) is 24.5 Å². The van der Waals surface area contributed by atoms with E-state index >= 15 is 0 Å². The number of nitrogen functional groups attached to an aromatic ring is 1. The van der Waals surface area contributed by atoms with Crippen LogP contribution in [-0.4, -0.2) is 11.5 Å². The van der Waals surface area contributed by atoms with E-state index in [0.29, 0.717) is 0 Å². The van der Waals surface area contributed by atoms with Crippen molar-refractivity contribution < 1.29 is 0 Å². The Morgan fingerprint density at radius 2 is 2.12 bits per heavy atom. The number of hydrogen-bond acceptors (Lipinski definition) is 3. The van der Waals surface area contributed by atoms with Crippen LogP contribution in [0.15, 0.2) is 12.3 Å². The molecule has 1 fully saturated rings. The zero-order valence-electron chi connectivity index (χ0n) is 10.7. The Kier molecular flexibility index (Phi) is 4.24. The molecule has 0 aromatic carbocycles. The Morgan fingerprint density at radius 1 is 1.35 bits per heavy atom. The van der Waals surface area contributed by atoms with Gasteiger partial charge in [-0.2, -0.15) is 0 Å². The number of hydrogen-bond donors (Lipinski definition) is 2. The van der Waals surface area contributed by atoms with Crippen molar-refractivity contribution in [3.8, 4) is 0 Å². The highest BCUT2D eigenvalue weighted by Crippen LogP contribution is 2.26. The summed E-state index contributed by atoms with van der Waals surface area (Å²) < 4.78 is 0. The van der Waals surface area contributed by atoms with Crippen LogP contribution in [-0.2, 0) is 0 Å². The lowest BCUT2D eigenvalue weighted by atomic mass is 9.87. The zero-order chi connectivity index (χ0) is 12.1. The van der Waals surface area contributed by atoms with Crippen LogP contribution in [0.3, 0.4) is 0 Å². The number of nitrogens with one attached hydrogen (secondary N) is 1. The largest absolute Gasteiger partial charge is 0.398 e. The maximum Gasteiger partial charge on any atom is 0.127 e. The molecule has 0 amide bonds. The van der Waals surface area contributed by atoms with Crippen LogP contribution in [0.25, 0.3) is 0 Å². The highest BCUT2D eigenvalue weighted by atomic mass is 15.0. The fraction of sp³-hybridized carbons (Fsp3) is 0.643. The van der Waals surface area contributed by atoms with Gasteiger partial charge in [-0.1, -0.05) is 32.1 Å². The Hall–Kier alpha value is -1.25. The topological polar surface area (TPSA) is 50.9 Å². The normalized spacial score (nSPS) is 17.0. The van der Waals surface area contributed by atoms with Crippen LogP contribution in [0.5, 0.6) is 0 Å². The summed E-state index contributed by atoms with van der Waals surface area (Å²) in [6.07, 6.45) is 10.2. The Bertz CT molecular complexity index is 356. The van der Waals surface area contributed by atoms with Gasteiger partial charge in [-0.15, -0.1) is 0 Å². The lowest BCUT2D eigenvalue weighted by Crippen LogP contribution is -2.12. The van der Waals surface area contributed by atoms with Crippen molar-refractivity contribution in [3.05, 3.63) is 17.8 Å². The molecule has 3 heteroatoms. The number of aromatic nitrogens is 1. The second kappa shape index (κ2) is 5.89. The van der Waals surface area contributed by atoms with Crippen LogP contribution in [0.4, 0.5) is 11.5 Å². The average Bonchev–Trinajstić information content (AvgIpc) is 2.35. The maximum atomic E-state index is 5.86. The monoisotopic (exact) mass is 233 g/mol. The Labute approximate surface area is 104 Å². The highest BCUT2D eigenvalue weighted by molar-refractivity contribution is 5.53. The predicted molar refractivity (Wildman–Crippen MR) is 73.1 cm³/mol. The van der Waals surface area contributed by atoms with E-state index in [1.807, 2.05) is 19.2 Å². The van der Waals surface area contributed by atoms with Crippen LogP contribution in [0.1, 0.15) is 44.1 Å². The molecule has 0 bridgehead atoms. The molecule has 94 valence electrons. The van der Waals surface area contributed by atoms with Crippen molar-refractivity contribution in [1.29, 1.82) is 0 Å². The molecule has 0 saturated heterocycles. The summed E-state index contributed by atoms with van der Waals surface area (Å²) in [5.74, 6) is 1.82. The van der Waals surface area contributed by atoms with Gasteiger partial charge in [0.1, 0.15) is 5.82 Å². The second-order valence-corrected chi connectivity index (χ2v) is 5.15. The summed E-state index contributed by atoms with van der Waals surface area (Å²) in [5.41, 5.74) is 7.72. The number of nitrogens with two attached hydrogens (primary N) is 1. The SMILES string of the molecule is Cc1cnc(NCCC2CCCCC2)cc1N. The molecule has 17 heavy (non-hydrogen) atoms. The lowest BCUT2D eigenvalue weighted by molar-refractivity contribution is 0.345. The van der Waals surface area contributed by atoms with Crippen molar-refractivity contribution in [1.82, 2.24) is 4.98 Å². The Morgan fingerprint density at radius 3 is 2.82 bits per heavy atom. The van der Waals surface area contributed by atoms with E-state index in [-0.39, 0.29) is 0 Å². The van der Waals surface area contributed by atoms with Crippen molar-refractivity contribution in [3.63, 3.8) is 0 Å².